The number of carboxylic acids is 1. The van der Waals surface area contributed by atoms with E-state index in [1.807, 2.05) is 6.92 Å². The van der Waals surface area contributed by atoms with E-state index in [2.05, 4.69) is 0 Å². The summed E-state index contributed by atoms with van der Waals surface area (Å²) in [5.74, 6) is -1.00. The summed E-state index contributed by atoms with van der Waals surface area (Å²) < 4.78 is 18.3. The zero-order chi connectivity index (χ0) is 15.4. The molecule has 2 rings (SSSR count). The first kappa shape index (κ1) is 15.3. The Bertz CT molecular complexity index is 640. The van der Waals surface area contributed by atoms with E-state index in [0.717, 1.165) is 5.56 Å². The van der Waals surface area contributed by atoms with Gasteiger partial charge in [-0.1, -0.05) is 23.7 Å². The predicted molar refractivity (Wildman–Crippen MR) is 78.3 cm³/mol. The standard InChI is InChI=1S/C16H14ClFO3/c1-10-8-13(6-7-14(10)17)21-15(16(19)20)9-11-2-4-12(18)5-3-11/h2-8,15H,9H2,1H3,(H,19,20)/t15-/m0/s1. The van der Waals surface area contributed by atoms with Crippen molar-refractivity contribution in [2.24, 2.45) is 0 Å². The van der Waals surface area contributed by atoms with Gasteiger partial charge in [0.25, 0.3) is 0 Å². The number of benzene rings is 2. The molecule has 3 nitrogen and oxygen atoms in total. The van der Waals surface area contributed by atoms with E-state index in [-0.39, 0.29) is 12.2 Å². The Labute approximate surface area is 126 Å². The zero-order valence-electron chi connectivity index (χ0n) is 11.3. The second-order valence-corrected chi connectivity index (χ2v) is 5.09. The Morgan fingerprint density at radius 3 is 2.52 bits per heavy atom. The average Bonchev–Trinajstić information content (AvgIpc) is 2.44. The molecule has 21 heavy (non-hydrogen) atoms. The van der Waals surface area contributed by atoms with Crippen molar-refractivity contribution >= 4 is 17.6 Å². The van der Waals surface area contributed by atoms with Crippen LogP contribution in [-0.2, 0) is 11.2 Å². The second-order valence-electron chi connectivity index (χ2n) is 4.69. The van der Waals surface area contributed by atoms with Gasteiger partial charge in [0, 0.05) is 11.4 Å². The number of aliphatic carboxylic acids is 1. The molecule has 1 atom stereocenters. The van der Waals surface area contributed by atoms with Crippen molar-refractivity contribution in [1.29, 1.82) is 0 Å². The van der Waals surface area contributed by atoms with E-state index >= 15 is 0 Å². The average molecular weight is 309 g/mol. The van der Waals surface area contributed by atoms with Crippen molar-refractivity contribution in [2.45, 2.75) is 19.4 Å². The van der Waals surface area contributed by atoms with Crippen LogP contribution in [0.4, 0.5) is 4.39 Å². The first-order valence-corrected chi connectivity index (χ1v) is 6.73. The Hall–Kier alpha value is -2.07. The van der Waals surface area contributed by atoms with Gasteiger partial charge in [0.1, 0.15) is 11.6 Å². The Morgan fingerprint density at radius 1 is 1.29 bits per heavy atom. The van der Waals surface area contributed by atoms with Gasteiger partial charge in [0.05, 0.1) is 0 Å². The summed E-state index contributed by atoms with van der Waals surface area (Å²) in [6.07, 6.45) is -0.895. The number of hydrogen-bond donors (Lipinski definition) is 1. The summed E-state index contributed by atoms with van der Waals surface area (Å²) in [6.45, 7) is 1.81. The molecule has 0 radical (unpaired) electrons. The van der Waals surface area contributed by atoms with E-state index in [1.54, 1.807) is 30.3 Å². The van der Waals surface area contributed by atoms with Gasteiger partial charge >= 0.3 is 5.97 Å². The molecule has 0 spiro atoms. The summed E-state index contributed by atoms with van der Waals surface area (Å²) in [6, 6.07) is 10.6. The Balaban J connectivity index is 2.13. The van der Waals surface area contributed by atoms with Crippen LogP contribution in [0, 0.1) is 12.7 Å². The maximum Gasteiger partial charge on any atom is 0.345 e. The fourth-order valence-electron chi connectivity index (χ4n) is 1.87. The van der Waals surface area contributed by atoms with Crippen molar-refractivity contribution in [3.8, 4) is 5.75 Å². The van der Waals surface area contributed by atoms with Crippen LogP contribution in [0.25, 0.3) is 0 Å². The third-order valence-corrected chi connectivity index (χ3v) is 3.44. The first-order valence-electron chi connectivity index (χ1n) is 6.36. The van der Waals surface area contributed by atoms with Crippen molar-refractivity contribution < 1.29 is 19.0 Å². The monoisotopic (exact) mass is 308 g/mol. The summed E-state index contributed by atoms with van der Waals surface area (Å²) in [5, 5.41) is 9.84. The number of rotatable bonds is 5. The third-order valence-electron chi connectivity index (χ3n) is 3.02. The van der Waals surface area contributed by atoms with Gasteiger partial charge in [0.15, 0.2) is 6.10 Å². The lowest BCUT2D eigenvalue weighted by molar-refractivity contribution is -0.145. The van der Waals surface area contributed by atoms with Crippen molar-refractivity contribution in [3.05, 3.63) is 64.4 Å². The van der Waals surface area contributed by atoms with Gasteiger partial charge in [-0.3, -0.25) is 0 Å². The quantitative estimate of drug-likeness (QED) is 0.912. The van der Waals surface area contributed by atoms with Crippen molar-refractivity contribution in [3.63, 3.8) is 0 Å². The molecule has 0 heterocycles. The van der Waals surface area contributed by atoms with Crippen molar-refractivity contribution in [2.75, 3.05) is 0 Å². The molecule has 110 valence electrons. The lowest BCUT2D eigenvalue weighted by Crippen LogP contribution is -2.29. The molecule has 0 aliphatic rings. The molecule has 2 aromatic rings. The minimum absolute atomic E-state index is 0.150. The zero-order valence-corrected chi connectivity index (χ0v) is 12.1. The lowest BCUT2D eigenvalue weighted by atomic mass is 10.1. The second kappa shape index (κ2) is 6.59. The van der Waals surface area contributed by atoms with Crippen molar-refractivity contribution in [1.82, 2.24) is 0 Å². The molecule has 0 bridgehead atoms. The van der Waals surface area contributed by atoms with E-state index in [4.69, 9.17) is 16.3 Å². The molecule has 0 unspecified atom stereocenters. The fourth-order valence-corrected chi connectivity index (χ4v) is 1.99. The summed E-state index contributed by atoms with van der Waals surface area (Å²) >= 11 is 5.92. The van der Waals surface area contributed by atoms with Gasteiger partial charge in [-0.2, -0.15) is 0 Å². The van der Waals surface area contributed by atoms with Crippen LogP contribution < -0.4 is 4.74 Å². The van der Waals surface area contributed by atoms with Gasteiger partial charge in [-0.15, -0.1) is 0 Å². The predicted octanol–water partition coefficient (Wildman–Crippen LogP) is 3.86. The molecule has 0 aromatic heterocycles. The fraction of sp³-hybridized carbons (Fsp3) is 0.188. The normalized spacial score (nSPS) is 12.0. The number of carbonyl (C=O) groups is 1. The molecule has 0 aliphatic carbocycles. The maximum absolute atomic E-state index is 12.9. The van der Waals surface area contributed by atoms with Crippen LogP contribution in [-0.4, -0.2) is 17.2 Å². The van der Waals surface area contributed by atoms with Gasteiger partial charge in [-0.05, 0) is 48.4 Å². The van der Waals surface area contributed by atoms with Gasteiger partial charge in [0.2, 0.25) is 0 Å². The highest BCUT2D eigenvalue weighted by Crippen LogP contribution is 2.22. The number of ether oxygens (including phenoxy) is 1. The molecule has 0 amide bonds. The van der Waals surface area contributed by atoms with Crippen LogP contribution >= 0.6 is 11.6 Å². The molecule has 0 aliphatic heterocycles. The molecule has 0 saturated heterocycles. The minimum Gasteiger partial charge on any atom is -0.478 e. The molecule has 0 fully saturated rings. The molecular weight excluding hydrogens is 295 g/mol. The summed E-state index contributed by atoms with van der Waals surface area (Å²) in [7, 11) is 0. The Morgan fingerprint density at radius 2 is 1.95 bits per heavy atom. The largest absolute Gasteiger partial charge is 0.478 e. The van der Waals surface area contributed by atoms with E-state index in [9.17, 15) is 14.3 Å². The summed E-state index contributed by atoms with van der Waals surface area (Å²) in [4.78, 5) is 11.3. The van der Waals surface area contributed by atoms with Crippen LogP contribution in [0.1, 0.15) is 11.1 Å². The van der Waals surface area contributed by atoms with E-state index in [1.165, 1.54) is 12.1 Å². The smallest absolute Gasteiger partial charge is 0.345 e. The van der Waals surface area contributed by atoms with Crippen LogP contribution in [0.2, 0.25) is 5.02 Å². The molecule has 2 aromatic carbocycles. The molecule has 0 saturated carbocycles. The number of halogens is 2. The van der Waals surface area contributed by atoms with E-state index < -0.39 is 12.1 Å². The molecule has 5 heteroatoms. The highest BCUT2D eigenvalue weighted by molar-refractivity contribution is 6.31. The number of carboxylic acid groups (broad SMARTS) is 1. The van der Waals surface area contributed by atoms with E-state index in [0.29, 0.717) is 16.3 Å². The van der Waals surface area contributed by atoms with Crippen LogP contribution in [0.5, 0.6) is 5.75 Å². The topological polar surface area (TPSA) is 46.5 Å². The van der Waals surface area contributed by atoms with Gasteiger partial charge < -0.3 is 9.84 Å². The highest BCUT2D eigenvalue weighted by Gasteiger charge is 2.20. The first-order chi connectivity index (χ1) is 9.95. The van der Waals surface area contributed by atoms with Crippen LogP contribution in [0.15, 0.2) is 42.5 Å². The Kier molecular flexibility index (Phi) is 4.81. The molecular formula is C16H14ClFO3. The number of hydrogen-bond acceptors (Lipinski definition) is 2. The molecule has 1 N–H and O–H groups in total. The summed E-state index contributed by atoms with van der Waals surface area (Å²) in [5.41, 5.74) is 1.49. The van der Waals surface area contributed by atoms with Crippen LogP contribution in [0.3, 0.4) is 0 Å². The maximum atomic E-state index is 12.9. The lowest BCUT2D eigenvalue weighted by Gasteiger charge is -2.16. The SMILES string of the molecule is Cc1cc(O[C@@H](Cc2ccc(F)cc2)C(=O)O)ccc1Cl. The van der Waals surface area contributed by atoms with Gasteiger partial charge in [-0.25, -0.2) is 9.18 Å². The highest BCUT2D eigenvalue weighted by atomic mass is 35.5. The minimum atomic E-state index is -1.08. The number of aryl methyl sites for hydroxylation is 1. The third kappa shape index (κ3) is 4.20.